The molecule has 3 aliphatic heterocycles. The van der Waals surface area contributed by atoms with E-state index in [1.807, 2.05) is 30.5 Å². The average molecular weight is 363 g/mol. The Bertz CT molecular complexity index is 789. The molecule has 2 aromatic rings. The molecular formula is C22H21NO4. The minimum Gasteiger partial charge on any atom is -0.491 e. The van der Waals surface area contributed by atoms with Crippen LogP contribution in [0.4, 0.5) is 0 Å². The number of benzene rings is 2. The van der Waals surface area contributed by atoms with Crippen LogP contribution >= 0.6 is 0 Å². The lowest BCUT2D eigenvalue weighted by Crippen LogP contribution is -2.04. The summed E-state index contributed by atoms with van der Waals surface area (Å²) in [5, 5.41) is 0. The van der Waals surface area contributed by atoms with E-state index in [0.717, 1.165) is 42.4 Å². The zero-order valence-electron chi connectivity index (χ0n) is 15.0. The van der Waals surface area contributed by atoms with Crippen LogP contribution in [0.25, 0.3) is 5.57 Å². The predicted octanol–water partition coefficient (Wildman–Crippen LogP) is 3.48. The Hall–Kier alpha value is -2.63. The largest absolute Gasteiger partial charge is 0.491 e. The zero-order chi connectivity index (χ0) is 18.1. The van der Waals surface area contributed by atoms with Crippen molar-refractivity contribution in [3.63, 3.8) is 0 Å². The highest BCUT2D eigenvalue weighted by Gasteiger charge is 2.23. The third-order valence-electron chi connectivity index (χ3n) is 4.82. The van der Waals surface area contributed by atoms with Crippen LogP contribution in [0.3, 0.4) is 0 Å². The Morgan fingerprint density at radius 2 is 1.30 bits per heavy atom. The smallest absolute Gasteiger partial charge is 0.119 e. The number of hydrogen-bond acceptors (Lipinski definition) is 5. The highest BCUT2D eigenvalue weighted by molar-refractivity contribution is 6.09. The first-order valence-electron chi connectivity index (χ1n) is 9.29. The number of allylic oxidation sites excluding steroid dienone is 1. The van der Waals surface area contributed by atoms with Crippen molar-refractivity contribution >= 4 is 11.3 Å². The summed E-state index contributed by atoms with van der Waals surface area (Å²) in [6, 6.07) is 16.3. The van der Waals surface area contributed by atoms with E-state index in [4.69, 9.17) is 18.9 Å². The molecule has 27 heavy (non-hydrogen) atoms. The van der Waals surface area contributed by atoms with Crippen LogP contribution in [0.5, 0.6) is 11.5 Å². The predicted molar refractivity (Wildman–Crippen MR) is 102 cm³/mol. The second kappa shape index (κ2) is 7.18. The quantitative estimate of drug-likeness (QED) is 0.674. The van der Waals surface area contributed by atoms with Crippen molar-refractivity contribution in [2.24, 2.45) is 4.99 Å². The maximum absolute atomic E-state index is 5.69. The molecular weight excluding hydrogens is 342 g/mol. The third kappa shape index (κ3) is 4.21. The van der Waals surface area contributed by atoms with Gasteiger partial charge >= 0.3 is 0 Å². The van der Waals surface area contributed by atoms with Crippen molar-refractivity contribution in [2.75, 3.05) is 26.4 Å². The zero-order valence-corrected chi connectivity index (χ0v) is 15.0. The third-order valence-corrected chi connectivity index (χ3v) is 4.82. The molecule has 0 saturated carbocycles. The lowest BCUT2D eigenvalue weighted by Gasteiger charge is -2.08. The van der Waals surface area contributed by atoms with E-state index in [-0.39, 0.29) is 12.2 Å². The second-order valence-corrected chi connectivity index (χ2v) is 6.99. The molecule has 5 heteroatoms. The second-order valence-electron chi connectivity index (χ2n) is 6.99. The van der Waals surface area contributed by atoms with Crippen LogP contribution in [-0.4, -0.2) is 44.3 Å². The van der Waals surface area contributed by atoms with Crippen LogP contribution in [-0.2, 0) is 9.47 Å². The number of rotatable bonds is 8. The lowest BCUT2D eigenvalue weighted by molar-refractivity contribution is 0.263. The summed E-state index contributed by atoms with van der Waals surface area (Å²) in [5.41, 5.74) is 4.59. The summed E-state index contributed by atoms with van der Waals surface area (Å²) >= 11 is 0. The van der Waals surface area contributed by atoms with Crippen LogP contribution in [0.2, 0.25) is 0 Å². The summed E-state index contributed by atoms with van der Waals surface area (Å²) in [4.78, 5) is 4.61. The van der Waals surface area contributed by atoms with Gasteiger partial charge in [0.2, 0.25) is 0 Å². The molecule has 2 aromatic carbocycles. The van der Waals surface area contributed by atoms with E-state index in [2.05, 4.69) is 29.3 Å². The molecule has 2 atom stereocenters. The van der Waals surface area contributed by atoms with Crippen molar-refractivity contribution in [1.82, 2.24) is 0 Å². The summed E-state index contributed by atoms with van der Waals surface area (Å²) < 4.78 is 21.7. The first-order chi connectivity index (χ1) is 13.3. The minimum absolute atomic E-state index is 0.273. The van der Waals surface area contributed by atoms with Gasteiger partial charge in [0.25, 0.3) is 0 Å². The molecule has 0 aromatic heterocycles. The Morgan fingerprint density at radius 1 is 0.778 bits per heavy atom. The van der Waals surface area contributed by atoms with Gasteiger partial charge in [-0.3, -0.25) is 4.99 Å². The molecule has 0 radical (unpaired) electrons. The molecule has 0 spiro atoms. The molecule has 0 amide bonds. The molecule has 3 aliphatic rings. The van der Waals surface area contributed by atoms with Gasteiger partial charge in [-0.2, -0.15) is 0 Å². The number of hydrogen-bond donors (Lipinski definition) is 0. The first-order valence-corrected chi connectivity index (χ1v) is 9.29. The lowest BCUT2D eigenvalue weighted by atomic mass is 9.99. The highest BCUT2D eigenvalue weighted by atomic mass is 16.6. The maximum Gasteiger partial charge on any atom is 0.119 e. The summed E-state index contributed by atoms with van der Waals surface area (Å²) in [6.45, 7) is 2.88. The Morgan fingerprint density at radius 3 is 1.81 bits per heavy atom. The molecule has 2 fully saturated rings. The maximum atomic E-state index is 5.69. The van der Waals surface area contributed by atoms with Crippen molar-refractivity contribution in [3.05, 3.63) is 65.9 Å². The van der Waals surface area contributed by atoms with Gasteiger partial charge in [-0.25, -0.2) is 0 Å². The fraction of sp³-hybridized carbons (Fsp3) is 0.318. The van der Waals surface area contributed by atoms with Gasteiger partial charge in [0, 0.05) is 12.6 Å². The van der Waals surface area contributed by atoms with Crippen molar-refractivity contribution < 1.29 is 18.9 Å². The molecule has 0 aliphatic carbocycles. The summed E-state index contributed by atoms with van der Waals surface area (Å²) in [7, 11) is 0. The standard InChI is InChI=1S/C22H21NO4/c1-5-18(24-11-20-13-26-20)6-2-15(1)17-9-22(23-10-17)16-3-7-19(8-4-16)25-12-21-14-27-21/h1-8,10,20-21H,9,11-14H2. The van der Waals surface area contributed by atoms with Gasteiger partial charge in [0.05, 0.1) is 18.9 Å². The molecule has 5 rings (SSSR count). The fourth-order valence-electron chi connectivity index (χ4n) is 3.00. The SMILES string of the molecule is C1=C(c2ccc(OCC3CO3)cc2)CC(c2ccc(OCC3CO3)cc2)=N1. The molecule has 3 heterocycles. The van der Waals surface area contributed by atoms with E-state index in [1.165, 1.54) is 11.1 Å². The topological polar surface area (TPSA) is 55.9 Å². The van der Waals surface area contributed by atoms with E-state index >= 15 is 0 Å². The molecule has 0 N–H and O–H groups in total. The van der Waals surface area contributed by atoms with E-state index < -0.39 is 0 Å². The Balaban J connectivity index is 1.17. The normalized spacial score (nSPS) is 22.8. The van der Waals surface area contributed by atoms with Crippen LogP contribution in [0.15, 0.2) is 59.7 Å². The van der Waals surface area contributed by atoms with Gasteiger partial charge < -0.3 is 18.9 Å². The number of epoxide rings is 2. The average Bonchev–Trinajstić information content (AvgIpc) is 3.65. The van der Waals surface area contributed by atoms with Gasteiger partial charge in [-0.1, -0.05) is 12.1 Å². The van der Waals surface area contributed by atoms with Gasteiger partial charge in [-0.15, -0.1) is 0 Å². The van der Waals surface area contributed by atoms with Crippen molar-refractivity contribution in [1.29, 1.82) is 0 Å². The molecule has 2 unspecified atom stereocenters. The van der Waals surface area contributed by atoms with E-state index in [0.29, 0.717) is 13.2 Å². The van der Waals surface area contributed by atoms with E-state index in [1.54, 1.807) is 0 Å². The van der Waals surface area contributed by atoms with Crippen LogP contribution in [0, 0.1) is 0 Å². The summed E-state index contributed by atoms with van der Waals surface area (Å²) in [5.74, 6) is 1.74. The summed E-state index contributed by atoms with van der Waals surface area (Å²) in [6.07, 6.45) is 3.33. The minimum atomic E-state index is 0.273. The number of nitrogens with zero attached hydrogens (tertiary/aromatic N) is 1. The number of ether oxygens (including phenoxy) is 4. The Kier molecular flexibility index (Phi) is 4.40. The van der Waals surface area contributed by atoms with Crippen molar-refractivity contribution in [2.45, 2.75) is 18.6 Å². The molecule has 0 bridgehead atoms. The van der Waals surface area contributed by atoms with Crippen LogP contribution in [0.1, 0.15) is 17.5 Å². The first kappa shape index (κ1) is 16.5. The monoisotopic (exact) mass is 363 g/mol. The molecule has 2 saturated heterocycles. The number of aliphatic imine (C=N–C) groups is 1. The van der Waals surface area contributed by atoms with Crippen LogP contribution < -0.4 is 9.47 Å². The Labute approximate surface area is 158 Å². The van der Waals surface area contributed by atoms with E-state index in [9.17, 15) is 0 Å². The van der Waals surface area contributed by atoms with Gasteiger partial charge in [-0.05, 0) is 53.1 Å². The molecule has 5 nitrogen and oxygen atoms in total. The van der Waals surface area contributed by atoms with Gasteiger partial charge in [0.15, 0.2) is 0 Å². The van der Waals surface area contributed by atoms with Gasteiger partial charge in [0.1, 0.15) is 36.9 Å². The highest BCUT2D eigenvalue weighted by Crippen LogP contribution is 2.28. The molecule has 138 valence electrons. The van der Waals surface area contributed by atoms with Crippen molar-refractivity contribution in [3.8, 4) is 11.5 Å². The fourth-order valence-corrected chi connectivity index (χ4v) is 3.00.